The molecule has 2 aliphatic rings. The fourth-order valence-electron chi connectivity index (χ4n) is 3.22. The number of carboxylic acid groups (broad SMARTS) is 1. The molecule has 2 N–H and O–H groups in total. The van der Waals surface area contributed by atoms with Crippen LogP contribution in [0.5, 0.6) is 0 Å². The number of aliphatic hydroxyl groups is 1. The van der Waals surface area contributed by atoms with E-state index >= 15 is 0 Å². The molecule has 1 aliphatic carbocycles. The highest BCUT2D eigenvalue weighted by atomic mass is 16.5. The maximum Gasteiger partial charge on any atom is 0.310 e. The molecule has 1 saturated carbocycles. The van der Waals surface area contributed by atoms with E-state index in [1.807, 2.05) is 0 Å². The molecule has 0 aromatic heterocycles. The molecule has 0 spiro atoms. The van der Waals surface area contributed by atoms with Crippen molar-refractivity contribution < 1.29 is 24.5 Å². The zero-order valence-electron chi connectivity index (χ0n) is 11.7. The van der Waals surface area contributed by atoms with Gasteiger partial charge in [0.2, 0.25) is 5.91 Å². The summed E-state index contributed by atoms with van der Waals surface area (Å²) < 4.78 is 5.25. The predicted molar refractivity (Wildman–Crippen MR) is 71.2 cm³/mol. The third-order valence-corrected chi connectivity index (χ3v) is 4.51. The summed E-state index contributed by atoms with van der Waals surface area (Å²) in [6.07, 6.45) is 3.96. The van der Waals surface area contributed by atoms with Crippen molar-refractivity contribution in [1.82, 2.24) is 4.90 Å². The van der Waals surface area contributed by atoms with Crippen LogP contribution in [0.4, 0.5) is 0 Å². The number of aliphatic carboxylic acids is 1. The van der Waals surface area contributed by atoms with E-state index in [4.69, 9.17) is 4.74 Å². The maximum absolute atomic E-state index is 12.4. The molecule has 1 saturated heterocycles. The van der Waals surface area contributed by atoms with Gasteiger partial charge < -0.3 is 19.8 Å². The van der Waals surface area contributed by atoms with E-state index in [9.17, 15) is 19.8 Å². The molecule has 6 heteroatoms. The van der Waals surface area contributed by atoms with Crippen LogP contribution in [0.15, 0.2) is 0 Å². The van der Waals surface area contributed by atoms with Gasteiger partial charge in [-0.15, -0.1) is 0 Å². The number of nitrogens with zero attached hydrogens (tertiary/aromatic N) is 1. The molecule has 20 heavy (non-hydrogen) atoms. The second-order valence-corrected chi connectivity index (χ2v) is 5.82. The lowest BCUT2D eigenvalue weighted by Crippen LogP contribution is -2.52. The summed E-state index contributed by atoms with van der Waals surface area (Å²) >= 11 is 0. The molecule has 1 aliphatic heterocycles. The minimum absolute atomic E-state index is 0.0405. The molecule has 0 radical (unpaired) electrons. The van der Waals surface area contributed by atoms with E-state index in [2.05, 4.69) is 0 Å². The summed E-state index contributed by atoms with van der Waals surface area (Å²) in [4.78, 5) is 25.6. The highest BCUT2D eigenvalue weighted by molar-refractivity contribution is 5.85. The van der Waals surface area contributed by atoms with Crippen LogP contribution in [0, 0.1) is 5.41 Å². The van der Waals surface area contributed by atoms with Crippen LogP contribution >= 0.6 is 0 Å². The second kappa shape index (κ2) is 6.54. The fraction of sp³-hybridized carbons (Fsp3) is 0.857. The summed E-state index contributed by atoms with van der Waals surface area (Å²) in [6.45, 7) is 1.05. The Bertz CT molecular complexity index is 365. The minimum Gasteiger partial charge on any atom is -0.481 e. The van der Waals surface area contributed by atoms with E-state index in [1.54, 1.807) is 4.90 Å². The number of carbonyl (C=O) groups excluding carboxylic acids is 1. The third-order valence-electron chi connectivity index (χ3n) is 4.51. The van der Waals surface area contributed by atoms with E-state index in [0.717, 1.165) is 19.3 Å². The van der Waals surface area contributed by atoms with Gasteiger partial charge in [0.1, 0.15) is 0 Å². The van der Waals surface area contributed by atoms with Crippen molar-refractivity contribution in [3.8, 4) is 0 Å². The lowest BCUT2D eigenvalue weighted by Gasteiger charge is -2.38. The van der Waals surface area contributed by atoms with Crippen LogP contribution in [0.3, 0.4) is 0 Å². The summed E-state index contributed by atoms with van der Waals surface area (Å²) in [5.41, 5.74) is -0.909. The molecule has 2 fully saturated rings. The van der Waals surface area contributed by atoms with Gasteiger partial charge in [0, 0.05) is 13.0 Å². The molecule has 1 amide bonds. The number of carboxylic acids is 1. The van der Waals surface area contributed by atoms with Gasteiger partial charge >= 0.3 is 5.97 Å². The maximum atomic E-state index is 12.4. The number of rotatable bonds is 4. The van der Waals surface area contributed by atoms with E-state index < -0.39 is 11.4 Å². The van der Waals surface area contributed by atoms with Crippen LogP contribution < -0.4 is 0 Å². The van der Waals surface area contributed by atoms with Gasteiger partial charge in [0.15, 0.2) is 0 Å². The molecule has 0 bridgehead atoms. The van der Waals surface area contributed by atoms with E-state index in [-0.39, 0.29) is 25.0 Å². The van der Waals surface area contributed by atoms with Gasteiger partial charge in [0.25, 0.3) is 0 Å². The lowest BCUT2D eigenvalue weighted by molar-refractivity contribution is -0.158. The fourth-order valence-corrected chi connectivity index (χ4v) is 3.22. The van der Waals surface area contributed by atoms with Crippen molar-refractivity contribution in [1.29, 1.82) is 0 Å². The highest BCUT2D eigenvalue weighted by Crippen LogP contribution is 2.40. The molecule has 1 heterocycles. The van der Waals surface area contributed by atoms with Gasteiger partial charge in [-0.05, 0) is 12.8 Å². The summed E-state index contributed by atoms with van der Waals surface area (Å²) in [7, 11) is 0. The number of ether oxygens (including phenoxy) is 1. The number of amides is 1. The molecule has 6 nitrogen and oxygen atoms in total. The van der Waals surface area contributed by atoms with E-state index in [0.29, 0.717) is 32.6 Å². The van der Waals surface area contributed by atoms with Crippen molar-refractivity contribution in [3.63, 3.8) is 0 Å². The normalized spacial score (nSPS) is 26.2. The molecular formula is C14H23NO5. The zero-order valence-corrected chi connectivity index (χ0v) is 11.7. The summed E-state index contributed by atoms with van der Waals surface area (Å²) in [5.74, 6) is -1.03. The first-order valence-electron chi connectivity index (χ1n) is 7.30. The first-order chi connectivity index (χ1) is 9.59. The highest BCUT2D eigenvalue weighted by Gasteiger charge is 2.43. The smallest absolute Gasteiger partial charge is 0.310 e. The number of hydrogen-bond donors (Lipinski definition) is 2. The number of morpholine rings is 1. The first-order valence-corrected chi connectivity index (χ1v) is 7.30. The number of aliphatic hydroxyl groups excluding tert-OH is 1. The van der Waals surface area contributed by atoms with Crippen molar-refractivity contribution in [2.45, 2.75) is 44.6 Å². The number of carbonyl (C=O) groups is 2. The standard InChI is InChI=1S/C14H23NO5/c16-9-11-10-20-7-6-15(11)12(17)8-14(13(18)19)4-2-1-3-5-14/h11,16H,1-10H2,(H,18,19). The zero-order chi connectivity index (χ0) is 14.6. The minimum atomic E-state index is -0.909. The van der Waals surface area contributed by atoms with Crippen LogP contribution in [0.2, 0.25) is 0 Å². The Morgan fingerprint density at radius 3 is 2.55 bits per heavy atom. The van der Waals surface area contributed by atoms with Crippen molar-refractivity contribution in [2.24, 2.45) is 5.41 Å². The molecular weight excluding hydrogens is 262 g/mol. The Labute approximate surface area is 118 Å². The largest absolute Gasteiger partial charge is 0.481 e. The molecule has 2 rings (SSSR count). The topological polar surface area (TPSA) is 87.1 Å². The van der Waals surface area contributed by atoms with Crippen molar-refractivity contribution in [2.75, 3.05) is 26.4 Å². The van der Waals surface area contributed by atoms with Gasteiger partial charge in [-0.25, -0.2) is 0 Å². The Morgan fingerprint density at radius 1 is 1.25 bits per heavy atom. The van der Waals surface area contributed by atoms with Crippen molar-refractivity contribution in [3.05, 3.63) is 0 Å². The Morgan fingerprint density at radius 2 is 1.95 bits per heavy atom. The Hall–Kier alpha value is -1.14. The van der Waals surface area contributed by atoms with Gasteiger partial charge in [-0.1, -0.05) is 19.3 Å². The molecule has 1 atom stereocenters. The molecule has 114 valence electrons. The van der Waals surface area contributed by atoms with Crippen LogP contribution in [-0.2, 0) is 14.3 Å². The lowest BCUT2D eigenvalue weighted by atomic mass is 9.71. The molecule has 1 unspecified atom stereocenters. The monoisotopic (exact) mass is 285 g/mol. The van der Waals surface area contributed by atoms with Crippen LogP contribution in [0.1, 0.15) is 38.5 Å². The quantitative estimate of drug-likeness (QED) is 0.791. The first kappa shape index (κ1) is 15.3. The van der Waals surface area contributed by atoms with Gasteiger partial charge in [-0.3, -0.25) is 9.59 Å². The van der Waals surface area contributed by atoms with Crippen LogP contribution in [0.25, 0.3) is 0 Å². The Balaban J connectivity index is 2.05. The SMILES string of the molecule is O=C(CC1(C(=O)O)CCCCC1)N1CCOCC1CO. The van der Waals surface area contributed by atoms with Gasteiger partial charge in [-0.2, -0.15) is 0 Å². The van der Waals surface area contributed by atoms with E-state index in [1.165, 1.54) is 0 Å². The molecule has 0 aromatic carbocycles. The second-order valence-electron chi connectivity index (χ2n) is 5.82. The summed E-state index contributed by atoms with van der Waals surface area (Å²) in [5, 5.41) is 18.8. The Kier molecular flexibility index (Phi) is 4.99. The third kappa shape index (κ3) is 3.12. The number of hydrogen-bond acceptors (Lipinski definition) is 4. The average Bonchev–Trinajstić information content (AvgIpc) is 2.48. The molecule has 0 aromatic rings. The predicted octanol–water partition coefficient (Wildman–Crippen LogP) is 0.631. The van der Waals surface area contributed by atoms with Crippen molar-refractivity contribution >= 4 is 11.9 Å². The van der Waals surface area contributed by atoms with Crippen LogP contribution in [-0.4, -0.2) is 59.4 Å². The average molecular weight is 285 g/mol. The summed E-state index contributed by atoms with van der Waals surface area (Å²) in [6, 6.07) is -0.342. The van der Waals surface area contributed by atoms with Gasteiger partial charge in [0.05, 0.1) is 31.3 Å².